The zero-order chi connectivity index (χ0) is 23.8. The molecule has 176 valence electrons. The molecule has 1 fully saturated rings. The summed E-state index contributed by atoms with van der Waals surface area (Å²) in [5, 5.41) is 15.9. The third kappa shape index (κ3) is 5.14. The van der Waals surface area contributed by atoms with Crippen LogP contribution in [0.2, 0.25) is 0 Å². The minimum atomic E-state index is -0.657. The van der Waals surface area contributed by atoms with Crippen LogP contribution >= 0.6 is 0 Å². The summed E-state index contributed by atoms with van der Waals surface area (Å²) in [7, 11) is 0. The number of nitrogens with one attached hydrogen (secondary N) is 2. The molecule has 7 heteroatoms. The monoisotopic (exact) mass is 452 g/mol. The molecule has 2 atom stereocenters. The Kier molecular flexibility index (Phi) is 6.34. The quantitative estimate of drug-likeness (QED) is 0.574. The molecule has 2 aliphatic heterocycles. The summed E-state index contributed by atoms with van der Waals surface area (Å²) in [5.41, 5.74) is 5.19. The van der Waals surface area contributed by atoms with Crippen molar-refractivity contribution in [1.82, 2.24) is 0 Å². The van der Waals surface area contributed by atoms with Crippen molar-refractivity contribution in [2.24, 2.45) is 0 Å². The minimum Gasteiger partial charge on any atom is -0.487 e. The van der Waals surface area contributed by atoms with Gasteiger partial charge < -0.3 is 25.2 Å². The van der Waals surface area contributed by atoms with Crippen LogP contribution in [-0.4, -0.2) is 34.9 Å². The number of carbonyl (C=O) groups excluding carboxylic acids is 2. The van der Waals surface area contributed by atoms with Crippen LogP contribution in [0.15, 0.2) is 30.3 Å². The Morgan fingerprint density at radius 1 is 1.15 bits per heavy atom. The first-order chi connectivity index (χ1) is 15.6. The number of aliphatic hydroxyl groups is 1. The Balaban J connectivity index is 1.61. The van der Waals surface area contributed by atoms with Crippen LogP contribution in [0.25, 0.3) is 0 Å². The summed E-state index contributed by atoms with van der Waals surface area (Å²) < 4.78 is 11.8. The highest BCUT2D eigenvalue weighted by atomic mass is 16.5. The molecule has 0 unspecified atom stereocenters. The van der Waals surface area contributed by atoms with Crippen LogP contribution in [0.3, 0.4) is 0 Å². The van der Waals surface area contributed by atoms with Gasteiger partial charge in [-0.2, -0.15) is 0 Å². The van der Waals surface area contributed by atoms with Gasteiger partial charge in [0, 0.05) is 29.8 Å². The molecule has 0 radical (unpaired) electrons. The summed E-state index contributed by atoms with van der Waals surface area (Å²) in [6.45, 7) is 8.11. The maximum absolute atomic E-state index is 12.8. The highest BCUT2D eigenvalue weighted by molar-refractivity contribution is 6.01. The van der Waals surface area contributed by atoms with E-state index in [2.05, 4.69) is 24.5 Å². The number of anilines is 2. The number of esters is 1. The fourth-order valence-corrected chi connectivity index (χ4v) is 4.81. The zero-order valence-electron chi connectivity index (χ0n) is 19.7. The molecule has 3 N–H and O–H groups in total. The van der Waals surface area contributed by atoms with Crippen LogP contribution in [-0.2, 0) is 22.4 Å². The number of hydrogen-bond donors (Lipinski definition) is 3. The Hall–Kier alpha value is -3.06. The SMILES string of the molecule is Cc1c(CC[C@@H]2C[C@@H](O)CC(=O)O2)c2c(c(C)c1NC(=O)Nc1ccccc1)CC(C)(C)O2. The van der Waals surface area contributed by atoms with Crippen molar-refractivity contribution in [3.05, 3.63) is 52.6 Å². The average Bonchev–Trinajstić information content (AvgIpc) is 3.06. The molecule has 0 bridgehead atoms. The third-order valence-corrected chi connectivity index (χ3v) is 6.41. The van der Waals surface area contributed by atoms with Crippen LogP contribution in [0, 0.1) is 13.8 Å². The highest BCUT2D eigenvalue weighted by Gasteiger charge is 2.36. The summed E-state index contributed by atoms with van der Waals surface area (Å²) >= 11 is 0. The lowest BCUT2D eigenvalue weighted by Crippen LogP contribution is -2.32. The Bertz CT molecular complexity index is 1060. The van der Waals surface area contributed by atoms with E-state index in [4.69, 9.17) is 9.47 Å². The predicted molar refractivity (Wildman–Crippen MR) is 127 cm³/mol. The van der Waals surface area contributed by atoms with E-state index in [0.29, 0.717) is 24.9 Å². The zero-order valence-corrected chi connectivity index (χ0v) is 19.7. The van der Waals surface area contributed by atoms with Gasteiger partial charge in [0.2, 0.25) is 0 Å². The summed E-state index contributed by atoms with van der Waals surface area (Å²) in [6, 6.07) is 9.00. The van der Waals surface area contributed by atoms with Gasteiger partial charge in [0.15, 0.2) is 0 Å². The van der Waals surface area contributed by atoms with Crippen molar-refractivity contribution in [2.45, 2.75) is 77.6 Å². The number of aliphatic hydroxyl groups excluding tert-OH is 1. The van der Waals surface area contributed by atoms with Gasteiger partial charge in [0.05, 0.1) is 12.5 Å². The van der Waals surface area contributed by atoms with E-state index in [9.17, 15) is 14.7 Å². The summed E-state index contributed by atoms with van der Waals surface area (Å²) in [5.74, 6) is 0.508. The minimum absolute atomic E-state index is 0.0529. The van der Waals surface area contributed by atoms with Crippen molar-refractivity contribution in [2.75, 3.05) is 10.6 Å². The number of ether oxygens (including phenoxy) is 2. The van der Waals surface area contributed by atoms with Gasteiger partial charge in [0.1, 0.15) is 17.5 Å². The van der Waals surface area contributed by atoms with Crippen molar-refractivity contribution in [3.63, 3.8) is 0 Å². The topological polar surface area (TPSA) is 96.9 Å². The highest BCUT2D eigenvalue weighted by Crippen LogP contribution is 2.45. The van der Waals surface area contributed by atoms with E-state index < -0.39 is 6.10 Å². The first-order valence-electron chi connectivity index (χ1n) is 11.5. The van der Waals surface area contributed by atoms with E-state index >= 15 is 0 Å². The molecule has 33 heavy (non-hydrogen) atoms. The van der Waals surface area contributed by atoms with Crippen molar-refractivity contribution < 1.29 is 24.2 Å². The van der Waals surface area contributed by atoms with Gasteiger partial charge >= 0.3 is 12.0 Å². The maximum Gasteiger partial charge on any atom is 0.323 e. The number of carbonyl (C=O) groups is 2. The van der Waals surface area contributed by atoms with Crippen molar-refractivity contribution in [3.8, 4) is 5.75 Å². The Morgan fingerprint density at radius 3 is 2.58 bits per heavy atom. The summed E-state index contributed by atoms with van der Waals surface area (Å²) in [6.07, 6.45) is 1.45. The maximum atomic E-state index is 12.8. The van der Waals surface area contributed by atoms with Gasteiger partial charge in [-0.05, 0) is 69.4 Å². The smallest absolute Gasteiger partial charge is 0.323 e. The first kappa shape index (κ1) is 23.1. The molecule has 2 aliphatic rings. The van der Waals surface area contributed by atoms with E-state index in [1.807, 2.05) is 44.2 Å². The number of hydrogen-bond acceptors (Lipinski definition) is 5. The van der Waals surface area contributed by atoms with E-state index in [1.165, 1.54) is 0 Å². The van der Waals surface area contributed by atoms with Gasteiger partial charge in [-0.3, -0.25) is 4.79 Å². The van der Waals surface area contributed by atoms with E-state index in [0.717, 1.165) is 40.1 Å². The second kappa shape index (κ2) is 9.06. The lowest BCUT2D eigenvalue weighted by atomic mass is 9.89. The van der Waals surface area contributed by atoms with Gasteiger partial charge in [-0.1, -0.05) is 18.2 Å². The van der Waals surface area contributed by atoms with E-state index in [1.54, 1.807) is 0 Å². The number of para-hydroxylation sites is 1. The lowest BCUT2D eigenvalue weighted by Gasteiger charge is -2.27. The predicted octanol–water partition coefficient (Wildman–Crippen LogP) is 4.66. The second-order valence-electron chi connectivity index (χ2n) is 9.64. The molecular formula is C26H32N2O5. The molecule has 2 aromatic carbocycles. The molecule has 2 amide bonds. The molecule has 2 heterocycles. The largest absolute Gasteiger partial charge is 0.487 e. The number of rotatable bonds is 5. The number of fused-ring (bicyclic) bond motifs is 1. The fourth-order valence-electron chi connectivity index (χ4n) is 4.81. The lowest BCUT2D eigenvalue weighted by molar-refractivity contribution is -0.160. The third-order valence-electron chi connectivity index (χ3n) is 6.41. The second-order valence-corrected chi connectivity index (χ2v) is 9.64. The molecule has 0 spiro atoms. The van der Waals surface area contributed by atoms with Crippen LogP contribution in [0.1, 0.15) is 55.4 Å². The van der Waals surface area contributed by atoms with Crippen LogP contribution in [0.5, 0.6) is 5.75 Å². The molecule has 2 aromatic rings. The van der Waals surface area contributed by atoms with Crippen molar-refractivity contribution in [1.29, 1.82) is 0 Å². The normalized spacial score (nSPS) is 21.1. The molecule has 7 nitrogen and oxygen atoms in total. The van der Waals surface area contributed by atoms with Crippen LogP contribution in [0.4, 0.5) is 16.2 Å². The molecule has 0 saturated carbocycles. The van der Waals surface area contributed by atoms with Gasteiger partial charge in [-0.15, -0.1) is 0 Å². The van der Waals surface area contributed by atoms with Crippen LogP contribution < -0.4 is 15.4 Å². The van der Waals surface area contributed by atoms with E-state index in [-0.39, 0.29) is 30.1 Å². The number of cyclic esters (lactones) is 1. The molecular weight excluding hydrogens is 420 g/mol. The number of benzene rings is 2. The average molecular weight is 453 g/mol. The van der Waals surface area contributed by atoms with Crippen molar-refractivity contribution >= 4 is 23.4 Å². The number of urea groups is 1. The Morgan fingerprint density at radius 2 is 1.88 bits per heavy atom. The molecule has 1 saturated heterocycles. The van der Waals surface area contributed by atoms with Gasteiger partial charge in [0.25, 0.3) is 0 Å². The Labute approximate surface area is 194 Å². The van der Waals surface area contributed by atoms with Gasteiger partial charge in [-0.25, -0.2) is 4.79 Å². The molecule has 0 aliphatic carbocycles. The number of amides is 2. The summed E-state index contributed by atoms with van der Waals surface area (Å²) in [4.78, 5) is 24.5. The standard InChI is InChI=1S/C26H32N2O5/c1-15-20(11-10-19-12-18(29)13-22(30)32-19)24-21(14-26(3,4)33-24)16(2)23(15)28-25(31)27-17-8-6-5-7-9-17/h5-9,18-19,29H,10-14H2,1-4H3,(H2,27,28,31)/t18-,19-/m1/s1. The first-order valence-corrected chi connectivity index (χ1v) is 11.5. The molecule has 0 aromatic heterocycles. The molecule has 4 rings (SSSR count). The fraction of sp³-hybridized carbons (Fsp3) is 0.462.